The van der Waals surface area contributed by atoms with Crippen molar-refractivity contribution < 1.29 is 9.47 Å². The third-order valence-electron chi connectivity index (χ3n) is 5.21. The minimum atomic E-state index is -0.940. The van der Waals surface area contributed by atoms with Crippen molar-refractivity contribution in [2.24, 2.45) is 0 Å². The van der Waals surface area contributed by atoms with E-state index in [2.05, 4.69) is 96.4 Å². The highest BCUT2D eigenvalue weighted by atomic mass is 31.2. The molecule has 5 heteroatoms. The van der Waals surface area contributed by atoms with Crippen molar-refractivity contribution in [1.29, 1.82) is 0 Å². The van der Waals surface area contributed by atoms with E-state index < -0.39 is 16.1 Å². The van der Waals surface area contributed by atoms with Gasteiger partial charge in [0, 0.05) is 26.8 Å². The predicted octanol–water partition coefficient (Wildman–Crippen LogP) is 5.03. The molecule has 162 valence electrons. The van der Waals surface area contributed by atoms with Gasteiger partial charge in [0.25, 0.3) is 0 Å². The summed E-state index contributed by atoms with van der Waals surface area (Å²) in [5.74, 6) is 1.79. The lowest BCUT2D eigenvalue weighted by atomic mass is 10.3. The highest BCUT2D eigenvalue weighted by molar-refractivity contribution is 7.84. The lowest BCUT2D eigenvalue weighted by Crippen LogP contribution is -2.30. The topological polar surface area (TPSA) is 21.7 Å². The van der Waals surface area contributed by atoms with E-state index in [4.69, 9.17) is 9.47 Å². The van der Waals surface area contributed by atoms with E-state index in [-0.39, 0.29) is 0 Å². The molecule has 0 aliphatic heterocycles. The van der Waals surface area contributed by atoms with Crippen LogP contribution in [0.2, 0.25) is 0 Å². The maximum atomic E-state index is 5.82. The summed E-state index contributed by atoms with van der Waals surface area (Å²) in [5.41, 5.74) is 0. The number of hydrogen-bond acceptors (Lipinski definition) is 3. The molecule has 3 nitrogen and oxygen atoms in total. The molecule has 0 aliphatic rings. The first-order valence-corrected chi connectivity index (χ1v) is 13.0. The van der Waals surface area contributed by atoms with E-state index in [0.29, 0.717) is 0 Å². The number of benzene rings is 4. The Bertz CT molecular complexity index is 1050. The number of para-hydroxylation sites is 2. The molecule has 0 bridgehead atoms. The van der Waals surface area contributed by atoms with Crippen LogP contribution in [0.4, 0.5) is 0 Å². The lowest BCUT2D eigenvalue weighted by Gasteiger charge is -2.37. The van der Waals surface area contributed by atoms with E-state index in [9.17, 15) is 0 Å². The second kappa shape index (κ2) is 10.7. The summed E-state index contributed by atoms with van der Waals surface area (Å²) in [7, 11) is 3.99. The average Bonchev–Trinajstić information content (AvgIpc) is 2.86. The Morgan fingerprint density at radius 2 is 0.875 bits per heavy atom. The molecular weight excluding hydrogens is 432 g/mol. The molecular formula is C27H27NO2P2. The first-order valence-electron chi connectivity index (χ1n) is 10.4. The number of ether oxygens (including phenoxy) is 2. The Balaban J connectivity index is 1.93. The Hall–Kier alpha value is -2.70. The van der Waals surface area contributed by atoms with Crippen molar-refractivity contribution >= 4 is 37.4 Å². The standard InChI is InChI=1S/C27H27NO2P2/c1-28(31(22-14-6-4-7-15-22)23-16-8-5-9-17-23)32(26-20-12-10-18-24(26)29-2)27-21-13-11-19-25(27)30-3/h4-21H,1-3H3. The molecule has 0 atom stereocenters. The molecule has 0 amide bonds. The molecule has 0 unspecified atom stereocenters. The predicted molar refractivity (Wildman–Crippen MR) is 139 cm³/mol. The monoisotopic (exact) mass is 459 g/mol. The van der Waals surface area contributed by atoms with Gasteiger partial charge in [0.2, 0.25) is 0 Å². The van der Waals surface area contributed by atoms with Crippen molar-refractivity contribution in [1.82, 2.24) is 4.44 Å². The van der Waals surface area contributed by atoms with Gasteiger partial charge in [0.05, 0.1) is 14.2 Å². The highest BCUT2D eigenvalue weighted by Gasteiger charge is 2.31. The summed E-state index contributed by atoms with van der Waals surface area (Å²) >= 11 is 0. The van der Waals surface area contributed by atoms with Gasteiger partial charge in [0.1, 0.15) is 11.5 Å². The number of hydrogen-bond donors (Lipinski definition) is 0. The molecule has 0 radical (unpaired) electrons. The van der Waals surface area contributed by atoms with Gasteiger partial charge >= 0.3 is 0 Å². The second-order valence-electron chi connectivity index (χ2n) is 7.13. The van der Waals surface area contributed by atoms with Crippen LogP contribution < -0.4 is 30.7 Å². The van der Waals surface area contributed by atoms with Crippen LogP contribution in [0, 0.1) is 0 Å². The normalized spacial score (nSPS) is 11.2. The summed E-state index contributed by atoms with van der Waals surface area (Å²) in [4.78, 5) is 0. The fraction of sp³-hybridized carbons (Fsp3) is 0.111. The Kier molecular flexibility index (Phi) is 7.55. The lowest BCUT2D eigenvalue weighted by molar-refractivity contribution is 0.417. The molecule has 0 aromatic heterocycles. The van der Waals surface area contributed by atoms with Crippen LogP contribution >= 0.6 is 16.1 Å². The smallest absolute Gasteiger partial charge is 0.128 e. The van der Waals surface area contributed by atoms with Gasteiger partial charge in [-0.1, -0.05) is 84.9 Å². The zero-order chi connectivity index (χ0) is 22.3. The van der Waals surface area contributed by atoms with Gasteiger partial charge in [-0.15, -0.1) is 0 Å². The first-order chi connectivity index (χ1) is 15.7. The molecule has 0 saturated carbocycles. The van der Waals surface area contributed by atoms with Gasteiger partial charge in [-0.25, -0.2) is 4.44 Å². The van der Waals surface area contributed by atoms with Crippen LogP contribution in [0.1, 0.15) is 0 Å². The van der Waals surface area contributed by atoms with Gasteiger partial charge in [0.15, 0.2) is 0 Å². The van der Waals surface area contributed by atoms with E-state index in [0.717, 1.165) is 11.5 Å². The summed E-state index contributed by atoms with van der Waals surface area (Å²) in [6, 6.07) is 38.2. The van der Waals surface area contributed by atoms with Crippen LogP contribution in [0.5, 0.6) is 11.5 Å². The fourth-order valence-corrected chi connectivity index (χ4v) is 9.64. The third-order valence-corrected chi connectivity index (χ3v) is 10.7. The molecule has 0 heterocycles. The summed E-state index contributed by atoms with van der Waals surface area (Å²) in [6.45, 7) is 0. The molecule has 0 saturated heterocycles. The van der Waals surface area contributed by atoms with E-state index >= 15 is 0 Å². The number of nitrogens with zero attached hydrogens (tertiary/aromatic N) is 1. The molecule has 4 rings (SSSR count). The van der Waals surface area contributed by atoms with Crippen LogP contribution in [0.3, 0.4) is 0 Å². The maximum absolute atomic E-state index is 5.82. The van der Waals surface area contributed by atoms with Crippen LogP contribution in [0.25, 0.3) is 0 Å². The number of rotatable bonds is 8. The Labute approximate surface area is 193 Å². The SMILES string of the molecule is COc1ccccc1P(c1ccccc1OC)N(C)P(c1ccccc1)c1ccccc1. The fourth-order valence-electron chi connectivity index (χ4n) is 3.76. The molecule has 32 heavy (non-hydrogen) atoms. The van der Waals surface area contributed by atoms with Crippen molar-refractivity contribution in [2.45, 2.75) is 0 Å². The molecule has 0 fully saturated rings. The van der Waals surface area contributed by atoms with Gasteiger partial charge in [-0.3, -0.25) is 0 Å². The summed E-state index contributed by atoms with van der Waals surface area (Å²) in [5, 5.41) is 4.98. The largest absolute Gasteiger partial charge is 0.496 e. The van der Waals surface area contributed by atoms with E-state index in [1.807, 2.05) is 24.3 Å². The average molecular weight is 459 g/mol. The highest BCUT2D eigenvalue weighted by Crippen LogP contribution is 2.55. The van der Waals surface area contributed by atoms with Crippen molar-refractivity contribution in [3.8, 4) is 11.5 Å². The Morgan fingerprint density at radius 1 is 0.500 bits per heavy atom. The molecule has 0 spiro atoms. The molecule has 4 aromatic rings. The van der Waals surface area contributed by atoms with Crippen LogP contribution in [-0.4, -0.2) is 25.7 Å². The first kappa shape index (κ1) is 22.5. The molecule has 4 aromatic carbocycles. The van der Waals surface area contributed by atoms with Gasteiger partial charge in [-0.05, 0) is 41.9 Å². The second-order valence-corrected chi connectivity index (χ2v) is 11.9. The van der Waals surface area contributed by atoms with Crippen LogP contribution in [0.15, 0.2) is 109 Å². The maximum Gasteiger partial charge on any atom is 0.128 e. The van der Waals surface area contributed by atoms with Crippen molar-refractivity contribution in [2.75, 3.05) is 21.3 Å². The zero-order valence-corrected chi connectivity index (χ0v) is 20.3. The van der Waals surface area contributed by atoms with Gasteiger partial charge in [-0.2, -0.15) is 0 Å². The van der Waals surface area contributed by atoms with Gasteiger partial charge < -0.3 is 9.47 Å². The van der Waals surface area contributed by atoms with Crippen molar-refractivity contribution in [3.63, 3.8) is 0 Å². The molecule has 0 N–H and O–H groups in total. The number of methoxy groups -OCH3 is 2. The molecule has 0 aliphatic carbocycles. The summed E-state index contributed by atoms with van der Waals surface area (Å²) in [6.07, 6.45) is 0. The quantitative estimate of drug-likeness (QED) is 0.345. The zero-order valence-electron chi connectivity index (χ0n) is 18.6. The minimum Gasteiger partial charge on any atom is -0.496 e. The Morgan fingerprint density at radius 3 is 1.28 bits per heavy atom. The van der Waals surface area contributed by atoms with Crippen molar-refractivity contribution in [3.05, 3.63) is 109 Å². The minimum absolute atomic E-state index is 0.782. The van der Waals surface area contributed by atoms with Crippen LogP contribution in [-0.2, 0) is 0 Å². The van der Waals surface area contributed by atoms with E-state index in [1.165, 1.54) is 21.2 Å². The third kappa shape index (κ3) is 4.71. The van der Waals surface area contributed by atoms with E-state index in [1.54, 1.807) is 14.2 Å². The summed E-state index contributed by atoms with van der Waals surface area (Å²) < 4.78 is 14.2.